The van der Waals surface area contributed by atoms with Crippen molar-refractivity contribution in [3.63, 3.8) is 0 Å². The number of nitrogens with two attached hydrogens (primary N) is 1. The Morgan fingerprint density at radius 1 is 1.38 bits per heavy atom. The van der Waals surface area contributed by atoms with Crippen molar-refractivity contribution in [3.05, 3.63) is 11.5 Å². The molecule has 0 saturated carbocycles. The molecule has 1 unspecified atom stereocenters. The van der Waals surface area contributed by atoms with E-state index in [1.807, 2.05) is 0 Å². The lowest BCUT2D eigenvalue weighted by Crippen LogP contribution is -2.31. The highest BCUT2D eigenvalue weighted by Crippen LogP contribution is 2.35. The average molecular weight is 331 g/mol. The summed E-state index contributed by atoms with van der Waals surface area (Å²) in [5.74, 6) is -2.78. The molecule has 0 amide bonds. The van der Waals surface area contributed by atoms with Gasteiger partial charge < -0.3 is 40.7 Å². The molecule has 11 nitrogen and oxygen atoms in total. The standard InChI is InChI=1S/C6H8O6.C3H10NO4P/c7-1-2(8)5-3(9)4(10)6(11)12-5;4-2-1-3-8-9(5,6)7/h2,5,7-10H,1H2;1-4H2,(H2,5,6,7)/t2?,5-;/m1./s1. The van der Waals surface area contributed by atoms with Crippen LogP contribution in [-0.4, -0.2) is 68.1 Å². The van der Waals surface area contributed by atoms with Crippen LogP contribution < -0.4 is 5.73 Å². The van der Waals surface area contributed by atoms with Crippen LogP contribution in [0, 0.1) is 0 Å². The maximum Gasteiger partial charge on any atom is 0.469 e. The van der Waals surface area contributed by atoms with Crippen LogP contribution in [0.15, 0.2) is 11.5 Å². The van der Waals surface area contributed by atoms with Crippen molar-refractivity contribution < 1.29 is 48.8 Å². The Bertz CT molecular complexity index is 419. The SMILES string of the molecule is NCCCOP(=O)(O)O.O=C1O[C@H](C(O)CO)C(O)=C1O. The minimum Gasteiger partial charge on any atom is -0.505 e. The zero-order valence-corrected chi connectivity index (χ0v) is 11.7. The fourth-order valence-corrected chi connectivity index (χ4v) is 1.46. The van der Waals surface area contributed by atoms with E-state index in [9.17, 15) is 9.36 Å². The quantitative estimate of drug-likeness (QED) is 0.162. The maximum atomic E-state index is 10.5. The second-order valence-corrected chi connectivity index (χ2v) is 5.02. The molecule has 124 valence electrons. The number of phosphoric acid groups is 1. The highest BCUT2D eigenvalue weighted by Gasteiger charge is 2.38. The molecule has 8 N–H and O–H groups in total. The van der Waals surface area contributed by atoms with Gasteiger partial charge in [-0.1, -0.05) is 0 Å². The molecular formula is C9H18NO10P. The molecule has 0 saturated heterocycles. The van der Waals surface area contributed by atoms with Crippen LogP contribution >= 0.6 is 7.82 Å². The second-order valence-electron chi connectivity index (χ2n) is 3.78. The molecule has 0 aromatic carbocycles. The van der Waals surface area contributed by atoms with Gasteiger partial charge in [-0.15, -0.1) is 0 Å². The number of hydrogen-bond donors (Lipinski definition) is 7. The number of esters is 1. The van der Waals surface area contributed by atoms with E-state index in [-0.39, 0.29) is 6.61 Å². The van der Waals surface area contributed by atoms with E-state index in [2.05, 4.69) is 9.26 Å². The number of ether oxygens (including phenoxy) is 1. The molecule has 0 aliphatic carbocycles. The lowest BCUT2D eigenvalue weighted by Gasteiger charge is -2.13. The van der Waals surface area contributed by atoms with Gasteiger partial charge in [0.15, 0.2) is 11.9 Å². The fraction of sp³-hybridized carbons (Fsp3) is 0.667. The summed E-state index contributed by atoms with van der Waals surface area (Å²) in [6.45, 7) is -0.282. The predicted molar refractivity (Wildman–Crippen MR) is 66.9 cm³/mol. The number of rotatable bonds is 6. The van der Waals surface area contributed by atoms with Gasteiger partial charge in [0, 0.05) is 0 Å². The molecule has 1 aliphatic heterocycles. The van der Waals surface area contributed by atoms with Crippen LogP contribution in [0.3, 0.4) is 0 Å². The van der Waals surface area contributed by atoms with Gasteiger partial charge in [0.05, 0.1) is 13.2 Å². The first-order valence-electron chi connectivity index (χ1n) is 5.66. The lowest BCUT2D eigenvalue weighted by molar-refractivity contribution is -0.147. The van der Waals surface area contributed by atoms with Crippen molar-refractivity contribution in [3.8, 4) is 0 Å². The third-order valence-corrected chi connectivity index (χ3v) is 2.60. The van der Waals surface area contributed by atoms with Crippen LogP contribution in [0.4, 0.5) is 0 Å². The van der Waals surface area contributed by atoms with Gasteiger partial charge in [0.25, 0.3) is 0 Å². The van der Waals surface area contributed by atoms with E-state index >= 15 is 0 Å². The van der Waals surface area contributed by atoms with E-state index in [1.165, 1.54) is 0 Å². The van der Waals surface area contributed by atoms with Crippen LogP contribution in [0.5, 0.6) is 0 Å². The van der Waals surface area contributed by atoms with Crippen molar-refractivity contribution in [1.82, 2.24) is 0 Å². The predicted octanol–water partition coefficient (Wildman–Crippen LogP) is -1.96. The van der Waals surface area contributed by atoms with E-state index in [1.54, 1.807) is 0 Å². The van der Waals surface area contributed by atoms with Crippen molar-refractivity contribution in [2.45, 2.75) is 18.6 Å². The summed E-state index contributed by atoms with van der Waals surface area (Å²) in [5.41, 5.74) is 5.02. The first-order valence-corrected chi connectivity index (χ1v) is 7.19. The molecule has 0 spiro atoms. The third-order valence-electron chi connectivity index (χ3n) is 2.08. The van der Waals surface area contributed by atoms with Crippen molar-refractivity contribution in [2.75, 3.05) is 19.8 Å². The molecular weight excluding hydrogens is 313 g/mol. The minimum absolute atomic E-state index is 0.0147. The van der Waals surface area contributed by atoms with Gasteiger partial charge in [0.1, 0.15) is 6.10 Å². The lowest BCUT2D eigenvalue weighted by atomic mass is 10.2. The van der Waals surface area contributed by atoms with Crippen LogP contribution in [-0.2, 0) is 18.6 Å². The molecule has 0 bridgehead atoms. The zero-order valence-electron chi connectivity index (χ0n) is 10.8. The molecule has 2 atom stereocenters. The number of carbonyl (C=O) groups is 1. The minimum atomic E-state index is -4.25. The van der Waals surface area contributed by atoms with Gasteiger partial charge in [-0.2, -0.15) is 0 Å². The van der Waals surface area contributed by atoms with Crippen LogP contribution in [0.2, 0.25) is 0 Å². The monoisotopic (exact) mass is 331 g/mol. The molecule has 0 aromatic heterocycles. The molecule has 0 aromatic rings. The van der Waals surface area contributed by atoms with Crippen molar-refractivity contribution in [2.24, 2.45) is 5.73 Å². The molecule has 0 fully saturated rings. The number of aliphatic hydroxyl groups is 4. The highest BCUT2D eigenvalue weighted by atomic mass is 31.2. The Hall–Kier alpha value is -1.20. The van der Waals surface area contributed by atoms with E-state index in [4.69, 9.17) is 35.9 Å². The Kier molecular flexibility index (Phi) is 8.44. The van der Waals surface area contributed by atoms with Gasteiger partial charge >= 0.3 is 13.8 Å². The summed E-state index contributed by atoms with van der Waals surface area (Å²) in [4.78, 5) is 26.7. The normalized spacial score (nSPS) is 19.9. The van der Waals surface area contributed by atoms with Gasteiger partial charge in [-0.05, 0) is 13.0 Å². The van der Waals surface area contributed by atoms with E-state index < -0.39 is 44.1 Å². The van der Waals surface area contributed by atoms with Gasteiger partial charge in [0.2, 0.25) is 5.76 Å². The molecule has 1 heterocycles. The highest BCUT2D eigenvalue weighted by molar-refractivity contribution is 7.46. The largest absolute Gasteiger partial charge is 0.505 e. The summed E-state index contributed by atoms with van der Waals surface area (Å²) in [5, 5.41) is 35.0. The summed E-state index contributed by atoms with van der Waals surface area (Å²) in [6.07, 6.45) is -2.31. The van der Waals surface area contributed by atoms with Crippen LogP contribution in [0.1, 0.15) is 6.42 Å². The second kappa shape index (κ2) is 8.95. The van der Waals surface area contributed by atoms with Gasteiger partial charge in [-0.3, -0.25) is 4.52 Å². The average Bonchev–Trinajstić information content (AvgIpc) is 2.65. The Morgan fingerprint density at radius 2 is 1.95 bits per heavy atom. The summed E-state index contributed by atoms with van der Waals surface area (Å²) < 4.78 is 18.3. The number of carbonyl (C=O) groups excluding carboxylic acids is 1. The topological polar surface area (TPSA) is 200 Å². The summed E-state index contributed by atoms with van der Waals surface area (Å²) in [7, 11) is -4.25. The molecule has 0 radical (unpaired) electrons. The smallest absolute Gasteiger partial charge is 0.469 e. The van der Waals surface area contributed by atoms with Gasteiger partial charge in [-0.25, -0.2) is 9.36 Å². The molecule has 21 heavy (non-hydrogen) atoms. The number of aliphatic hydroxyl groups excluding tert-OH is 4. The molecule has 1 aliphatic rings. The van der Waals surface area contributed by atoms with Crippen LogP contribution in [0.25, 0.3) is 0 Å². The summed E-state index contributed by atoms with van der Waals surface area (Å²) in [6, 6.07) is 0. The summed E-state index contributed by atoms with van der Waals surface area (Å²) >= 11 is 0. The first kappa shape index (κ1) is 19.8. The Morgan fingerprint density at radius 3 is 2.29 bits per heavy atom. The Balaban J connectivity index is 0.000000400. The van der Waals surface area contributed by atoms with Crippen molar-refractivity contribution >= 4 is 13.8 Å². The maximum absolute atomic E-state index is 10.5. The number of hydrogen-bond acceptors (Lipinski definition) is 9. The number of phosphoric ester groups is 1. The molecule has 1 rings (SSSR count). The first-order chi connectivity index (χ1) is 9.64. The van der Waals surface area contributed by atoms with Crippen molar-refractivity contribution in [1.29, 1.82) is 0 Å². The third kappa shape index (κ3) is 7.39. The zero-order chi connectivity index (χ0) is 16.6. The number of cyclic esters (lactones) is 1. The van der Waals surface area contributed by atoms with E-state index in [0.717, 1.165) is 0 Å². The Labute approximate surface area is 119 Å². The fourth-order valence-electron chi connectivity index (χ4n) is 1.09. The van der Waals surface area contributed by atoms with E-state index in [0.29, 0.717) is 13.0 Å². The molecule has 12 heteroatoms.